The zero-order valence-electron chi connectivity index (χ0n) is 15.5. The van der Waals surface area contributed by atoms with E-state index in [4.69, 9.17) is 9.47 Å². The molecule has 28 heavy (non-hydrogen) atoms. The lowest BCUT2D eigenvalue weighted by Crippen LogP contribution is -2.40. The number of morpholine rings is 1. The maximum atomic E-state index is 13.0. The highest BCUT2D eigenvalue weighted by atomic mass is 32.2. The molecule has 10 heteroatoms. The van der Waals surface area contributed by atoms with Crippen molar-refractivity contribution in [2.24, 2.45) is 0 Å². The molecular weight excluding hydrogens is 386 g/mol. The molecule has 1 aliphatic rings. The molecule has 150 valence electrons. The molecule has 1 aromatic carbocycles. The van der Waals surface area contributed by atoms with Crippen molar-refractivity contribution in [3.63, 3.8) is 0 Å². The number of H-pyrrole nitrogens is 1. The molecule has 3 rings (SSSR count). The minimum atomic E-state index is -3.81. The average Bonchev–Trinajstić information content (AvgIpc) is 3.19. The van der Waals surface area contributed by atoms with Gasteiger partial charge in [0.2, 0.25) is 10.0 Å². The van der Waals surface area contributed by atoms with Crippen LogP contribution in [0.1, 0.15) is 27.8 Å². The van der Waals surface area contributed by atoms with E-state index in [1.807, 2.05) is 0 Å². The monoisotopic (exact) mass is 407 g/mol. The summed E-state index contributed by atoms with van der Waals surface area (Å²) < 4.78 is 37.7. The molecule has 1 aliphatic heterocycles. The first-order valence-corrected chi connectivity index (χ1v) is 10.0. The molecule has 0 aliphatic carbocycles. The molecule has 1 saturated heterocycles. The number of hydrogen-bond acceptors (Lipinski definition) is 6. The van der Waals surface area contributed by atoms with Gasteiger partial charge in [0.25, 0.3) is 5.91 Å². The average molecular weight is 407 g/mol. The predicted octanol–water partition coefficient (Wildman–Crippen LogP) is 1.50. The van der Waals surface area contributed by atoms with Gasteiger partial charge >= 0.3 is 0 Å². The lowest BCUT2D eigenvalue weighted by Gasteiger charge is -2.26. The number of ketones is 1. The first kappa shape index (κ1) is 20.1. The number of aromatic nitrogens is 1. The zero-order chi connectivity index (χ0) is 20.3. The maximum Gasteiger partial charge on any atom is 0.272 e. The zero-order valence-corrected chi connectivity index (χ0v) is 16.3. The number of sulfonamides is 1. The van der Waals surface area contributed by atoms with Crippen molar-refractivity contribution in [1.82, 2.24) is 9.29 Å². The minimum Gasteiger partial charge on any atom is -0.495 e. The van der Waals surface area contributed by atoms with Gasteiger partial charge in [0.1, 0.15) is 16.3 Å². The van der Waals surface area contributed by atoms with E-state index in [0.717, 1.165) is 0 Å². The van der Waals surface area contributed by atoms with E-state index >= 15 is 0 Å². The Morgan fingerprint density at radius 2 is 1.93 bits per heavy atom. The Labute approximate surface area is 162 Å². The molecule has 2 heterocycles. The Morgan fingerprint density at radius 3 is 2.54 bits per heavy atom. The summed E-state index contributed by atoms with van der Waals surface area (Å²) in [5, 5.41) is 2.63. The lowest BCUT2D eigenvalue weighted by molar-refractivity contribution is 0.0729. The van der Waals surface area contributed by atoms with Crippen LogP contribution in [0.5, 0.6) is 5.75 Å². The third-order valence-electron chi connectivity index (χ3n) is 4.34. The highest BCUT2D eigenvalue weighted by molar-refractivity contribution is 7.89. The standard InChI is InChI=1S/C18H21N3O6S/c1-12(22)13-9-15(19-11-13)18(23)20-14-3-4-16(26-2)17(10-14)28(24,25)21-5-7-27-8-6-21/h3-4,9-11,19H,5-8H2,1-2H3,(H,20,23). The summed E-state index contributed by atoms with van der Waals surface area (Å²) in [5.41, 5.74) is 0.866. The van der Waals surface area contributed by atoms with E-state index in [-0.39, 0.29) is 40.9 Å². The van der Waals surface area contributed by atoms with Gasteiger partial charge in [-0.1, -0.05) is 0 Å². The van der Waals surface area contributed by atoms with Gasteiger partial charge in [-0.15, -0.1) is 0 Å². The van der Waals surface area contributed by atoms with Crippen LogP contribution in [0, 0.1) is 0 Å². The Kier molecular flexibility index (Phi) is 5.82. The van der Waals surface area contributed by atoms with Gasteiger partial charge in [-0.2, -0.15) is 4.31 Å². The third-order valence-corrected chi connectivity index (χ3v) is 6.26. The predicted molar refractivity (Wildman–Crippen MR) is 101 cm³/mol. The third kappa shape index (κ3) is 4.08. The summed E-state index contributed by atoms with van der Waals surface area (Å²) in [5.74, 6) is -0.478. The second-order valence-corrected chi connectivity index (χ2v) is 8.10. The molecule has 2 N–H and O–H groups in total. The maximum absolute atomic E-state index is 13.0. The molecular formula is C18H21N3O6S. The Hall–Kier alpha value is -2.69. The highest BCUT2D eigenvalue weighted by Crippen LogP contribution is 2.30. The number of aromatic amines is 1. The van der Waals surface area contributed by atoms with Crippen molar-refractivity contribution in [3.05, 3.63) is 41.7 Å². The van der Waals surface area contributed by atoms with Crippen molar-refractivity contribution in [2.75, 3.05) is 38.7 Å². The van der Waals surface area contributed by atoms with Gasteiger partial charge in [0.05, 0.1) is 20.3 Å². The van der Waals surface area contributed by atoms with Crippen molar-refractivity contribution >= 4 is 27.4 Å². The fraction of sp³-hybridized carbons (Fsp3) is 0.333. The summed E-state index contributed by atoms with van der Waals surface area (Å²) in [6.07, 6.45) is 1.44. The van der Waals surface area contributed by atoms with Crippen LogP contribution >= 0.6 is 0 Å². The van der Waals surface area contributed by atoms with Crippen LogP contribution in [-0.2, 0) is 14.8 Å². The molecule has 9 nitrogen and oxygen atoms in total. The van der Waals surface area contributed by atoms with Crippen molar-refractivity contribution < 1.29 is 27.5 Å². The van der Waals surface area contributed by atoms with Crippen LogP contribution in [-0.4, -0.2) is 62.8 Å². The van der Waals surface area contributed by atoms with Crippen LogP contribution in [0.25, 0.3) is 0 Å². The van der Waals surface area contributed by atoms with E-state index in [2.05, 4.69) is 10.3 Å². The summed E-state index contributed by atoms with van der Waals surface area (Å²) in [6.45, 7) is 2.54. The molecule has 0 saturated carbocycles. The number of anilines is 1. The number of carbonyl (C=O) groups excluding carboxylic acids is 2. The van der Waals surface area contributed by atoms with Gasteiger partial charge in [-0.05, 0) is 31.2 Å². The summed E-state index contributed by atoms with van der Waals surface area (Å²) in [6, 6.07) is 5.82. The molecule has 0 unspecified atom stereocenters. The largest absolute Gasteiger partial charge is 0.495 e. The lowest BCUT2D eigenvalue weighted by atomic mass is 10.2. The number of rotatable bonds is 6. The molecule has 1 aromatic heterocycles. The van der Waals surface area contributed by atoms with Crippen LogP contribution in [0.3, 0.4) is 0 Å². The summed E-state index contributed by atoms with van der Waals surface area (Å²) in [4.78, 5) is 26.5. The molecule has 0 spiro atoms. The summed E-state index contributed by atoms with van der Waals surface area (Å²) >= 11 is 0. The topological polar surface area (TPSA) is 118 Å². The molecule has 1 amide bonds. The minimum absolute atomic E-state index is 0.0365. The first-order valence-electron chi connectivity index (χ1n) is 8.59. The number of Topliss-reactive ketones (excluding diaryl/α,β-unsaturated/α-hetero) is 1. The van der Waals surface area contributed by atoms with Crippen LogP contribution in [0.4, 0.5) is 5.69 Å². The Bertz CT molecular complexity index is 992. The van der Waals surface area contributed by atoms with E-state index < -0.39 is 15.9 Å². The van der Waals surface area contributed by atoms with Crippen LogP contribution < -0.4 is 10.1 Å². The van der Waals surface area contributed by atoms with Crippen molar-refractivity contribution in [3.8, 4) is 5.75 Å². The number of nitrogens with one attached hydrogen (secondary N) is 2. The number of benzene rings is 1. The number of ether oxygens (including phenoxy) is 2. The molecule has 0 bridgehead atoms. The van der Waals surface area contributed by atoms with E-state index in [1.165, 1.54) is 42.7 Å². The van der Waals surface area contributed by atoms with Crippen LogP contribution in [0.2, 0.25) is 0 Å². The normalized spacial score (nSPS) is 15.2. The van der Waals surface area contributed by atoms with Gasteiger partial charge in [-0.25, -0.2) is 8.42 Å². The molecule has 0 radical (unpaired) electrons. The van der Waals surface area contributed by atoms with E-state index in [0.29, 0.717) is 18.8 Å². The fourth-order valence-electron chi connectivity index (χ4n) is 2.81. The van der Waals surface area contributed by atoms with Gasteiger partial charge in [-0.3, -0.25) is 9.59 Å². The molecule has 2 aromatic rings. The van der Waals surface area contributed by atoms with Crippen molar-refractivity contribution in [1.29, 1.82) is 0 Å². The van der Waals surface area contributed by atoms with Gasteiger partial charge < -0.3 is 19.8 Å². The van der Waals surface area contributed by atoms with E-state index in [9.17, 15) is 18.0 Å². The number of nitrogens with zero attached hydrogens (tertiary/aromatic N) is 1. The second-order valence-electron chi connectivity index (χ2n) is 6.19. The van der Waals surface area contributed by atoms with Crippen LogP contribution in [0.15, 0.2) is 35.4 Å². The summed E-state index contributed by atoms with van der Waals surface area (Å²) in [7, 11) is -2.43. The van der Waals surface area contributed by atoms with Gasteiger partial charge in [0.15, 0.2) is 5.78 Å². The highest BCUT2D eigenvalue weighted by Gasteiger charge is 2.29. The van der Waals surface area contributed by atoms with Crippen molar-refractivity contribution in [2.45, 2.75) is 11.8 Å². The number of amides is 1. The number of carbonyl (C=O) groups is 2. The number of methoxy groups -OCH3 is 1. The molecule has 0 atom stereocenters. The Morgan fingerprint density at radius 1 is 1.21 bits per heavy atom. The second kappa shape index (κ2) is 8.13. The first-order chi connectivity index (χ1) is 13.3. The quantitative estimate of drug-likeness (QED) is 0.701. The SMILES string of the molecule is COc1ccc(NC(=O)c2cc(C(C)=O)c[nH]2)cc1S(=O)(=O)N1CCOCC1. The Balaban J connectivity index is 1.87. The number of hydrogen-bond donors (Lipinski definition) is 2. The molecule has 1 fully saturated rings. The van der Waals surface area contributed by atoms with Gasteiger partial charge in [0, 0.05) is 30.5 Å². The smallest absolute Gasteiger partial charge is 0.272 e. The van der Waals surface area contributed by atoms with E-state index in [1.54, 1.807) is 6.07 Å². The fourth-order valence-corrected chi connectivity index (χ4v) is 4.40.